The van der Waals surface area contributed by atoms with Crippen molar-refractivity contribution in [1.82, 2.24) is 0 Å². The van der Waals surface area contributed by atoms with E-state index in [2.05, 4.69) is 9.99 Å². The molecule has 2 rings (SSSR count). The van der Waals surface area contributed by atoms with Crippen LogP contribution in [-0.4, -0.2) is 22.4 Å². The normalized spacial score (nSPS) is 11.1. The zero-order valence-corrected chi connectivity index (χ0v) is 14.5. The molecule has 0 aliphatic carbocycles. The number of Topliss-reactive ketones (excluding diaryl/α,β-unsaturated/α-hetero) is 1. The second kappa shape index (κ2) is 8.66. The van der Waals surface area contributed by atoms with Gasteiger partial charge >= 0.3 is 5.97 Å². The highest BCUT2D eigenvalue weighted by Crippen LogP contribution is 2.23. The van der Waals surface area contributed by atoms with Crippen LogP contribution in [0, 0.1) is 10.1 Å². The maximum absolute atomic E-state index is 12.4. The number of non-ortho nitro benzene ring substituents is 1. The molecule has 0 radical (unpaired) electrons. The first-order valence-electron chi connectivity index (χ1n) is 8.12. The van der Waals surface area contributed by atoms with Gasteiger partial charge in [0.25, 0.3) is 5.69 Å². The van der Waals surface area contributed by atoms with Gasteiger partial charge in [0.15, 0.2) is 0 Å². The van der Waals surface area contributed by atoms with Gasteiger partial charge in [0.2, 0.25) is 5.78 Å². The fourth-order valence-electron chi connectivity index (χ4n) is 2.19. The van der Waals surface area contributed by atoms with E-state index in [9.17, 15) is 19.7 Å². The number of nitro groups is 1. The number of ketones is 1. The van der Waals surface area contributed by atoms with Gasteiger partial charge in [-0.05, 0) is 29.7 Å². The van der Waals surface area contributed by atoms with E-state index >= 15 is 0 Å². The Bertz CT molecular complexity index is 839. The Morgan fingerprint density at radius 3 is 1.96 bits per heavy atom. The highest BCUT2D eigenvalue weighted by molar-refractivity contribution is 6.45. The van der Waals surface area contributed by atoms with E-state index in [-0.39, 0.29) is 23.6 Å². The van der Waals surface area contributed by atoms with Crippen molar-refractivity contribution in [2.75, 3.05) is 0 Å². The monoisotopic (exact) mass is 354 g/mol. The molecule has 134 valence electrons. The molecule has 0 N–H and O–H groups in total. The van der Waals surface area contributed by atoms with Crippen molar-refractivity contribution in [2.45, 2.75) is 26.7 Å². The number of benzene rings is 2. The van der Waals surface area contributed by atoms with Crippen LogP contribution in [0.1, 0.15) is 37.0 Å². The van der Waals surface area contributed by atoms with Gasteiger partial charge < -0.3 is 4.84 Å². The van der Waals surface area contributed by atoms with Crippen molar-refractivity contribution < 1.29 is 19.3 Å². The second-order valence-electron chi connectivity index (χ2n) is 5.42. The van der Waals surface area contributed by atoms with Gasteiger partial charge in [-0.15, -0.1) is 0 Å². The third-order valence-electron chi connectivity index (χ3n) is 3.70. The Hall–Kier alpha value is -3.35. The Labute approximate surface area is 150 Å². The molecule has 0 saturated heterocycles. The smallest absolute Gasteiger partial charge is 0.318 e. The lowest BCUT2D eigenvalue weighted by molar-refractivity contribution is -0.384. The first kappa shape index (κ1) is 19.0. The summed E-state index contributed by atoms with van der Waals surface area (Å²) in [4.78, 5) is 38.6. The maximum Gasteiger partial charge on any atom is 0.334 e. The minimum Gasteiger partial charge on any atom is -0.318 e. The maximum atomic E-state index is 12.4. The molecule has 0 aliphatic rings. The summed E-state index contributed by atoms with van der Waals surface area (Å²) in [6.07, 6.45) is 0.512. The SMILES string of the molecule is CCC(=O)O/N=C(/CC)C(=O)c1ccc(-c2ccc([N+](=O)[O-])cc2)cc1. The van der Waals surface area contributed by atoms with Gasteiger partial charge in [-0.3, -0.25) is 14.9 Å². The molecule has 0 bridgehead atoms. The van der Waals surface area contributed by atoms with Crippen molar-refractivity contribution in [3.63, 3.8) is 0 Å². The summed E-state index contributed by atoms with van der Waals surface area (Å²) in [6, 6.07) is 12.9. The van der Waals surface area contributed by atoms with Crippen LogP contribution in [0.5, 0.6) is 0 Å². The summed E-state index contributed by atoms with van der Waals surface area (Å²) in [5.41, 5.74) is 2.23. The number of carbonyl (C=O) groups excluding carboxylic acids is 2. The van der Waals surface area contributed by atoms with E-state index in [1.807, 2.05) is 0 Å². The molecule has 0 saturated carbocycles. The molecule has 2 aromatic carbocycles. The molecule has 0 aliphatic heterocycles. The minimum absolute atomic E-state index is 0.0194. The standard InChI is InChI=1S/C19H18N2O5/c1-3-17(20-26-18(22)4-2)19(23)15-7-5-13(6-8-15)14-9-11-16(12-10-14)21(24)25/h5-12H,3-4H2,1-2H3/b20-17-. The summed E-state index contributed by atoms with van der Waals surface area (Å²) < 4.78 is 0. The summed E-state index contributed by atoms with van der Waals surface area (Å²) in [5, 5.41) is 14.4. The summed E-state index contributed by atoms with van der Waals surface area (Å²) >= 11 is 0. The van der Waals surface area contributed by atoms with Crippen molar-refractivity contribution in [1.29, 1.82) is 0 Å². The Morgan fingerprint density at radius 2 is 1.50 bits per heavy atom. The van der Waals surface area contributed by atoms with Crippen molar-refractivity contribution in [3.8, 4) is 11.1 Å². The third-order valence-corrected chi connectivity index (χ3v) is 3.70. The molecule has 2 aromatic rings. The molecular formula is C19H18N2O5. The molecule has 0 aromatic heterocycles. The highest BCUT2D eigenvalue weighted by atomic mass is 16.7. The molecule has 7 nitrogen and oxygen atoms in total. The summed E-state index contributed by atoms with van der Waals surface area (Å²) in [6.45, 7) is 3.39. The van der Waals surface area contributed by atoms with Crippen LogP contribution in [0.4, 0.5) is 5.69 Å². The fourth-order valence-corrected chi connectivity index (χ4v) is 2.19. The van der Waals surface area contributed by atoms with Crippen LogP contribution in [-0.2, 0) is 9.63 Å². The quantitative estimate of drug-likeness (QED) is 0.244. The Morgan fingerprint density at radius 1 is 0.962 bits per heavy atom. The molecule has 0 atom stereocenters. The average molecular weight is 354 g/mol. The topological polar surface area (TPSA) is 98.9 Å². The molecule has 0 unspecified atom stereocenters. The van der Waals surface area contributed by atoms with Gasteiger partial charge in [-0.25, -0.2) is 4.79 Å². The predicted octanol–water partition coefficient (Wildman–Crippen LogP) is 4.16. The lowest BCUT2D eigenvalue weighted by Crippen LogP contribution is -2.15. The minimum atomic E-state index is -0.503. The molecule has 0 fully saturated rings. The number of oxime groups is 1. The molecule has 26 heavy (non-hydrogen) atoms. The molecule has 0 heterocycles. The van der Waals surface area contributed by atoms with Crippen LogP contribution >= 0.6 is 0 Å². The molecular weight excluding hydrogens is 336 g/mol. The lowest BCUT2D eigenvalue weighted by atomic mass is 10.00. The third kappa shape index (κ3) is 4.60. The zero-order chi connectivity index (χ0) is 19.1. The van der Waals surface area contributed by atoms with Crippen molar-refractivity contribution >= 4 is 23.2 Å². The molecule has 7 heteroatoms. The fraction of sp³-hybridized carbons (Fsp3) is 0.211. The number of hydrogen-bond acceptors (Lipinski definition) is 6. The highest BCUT2D eigenvalue weighted by Gasteiger charge is 2.14. The zero-order valence-electron chi connectivity index (χ0n) is 14.5. The number of nitro benzene ring substituents is 1. The predicted molar refractivity (Wildman–Crippen MR) is 97.0 cm³/mol. The van der Waals surface area contributed by atoms with Gasteiger partial charge in [0.1, 0.15) is 5.71 Å². The van der Waals surface area contributed by atoms with Crippen LogP contribution in [0.2, 0.25) is 0 Å². The van der Waals surface area contributed by atoms with Gasteiger partial charge in [-0.2, -0.15) is 0 Å². The lowest BCUT2D eigenvalue weighted by Gasteiger charge is -2.05. The number of nitrogens with zero attached hydrogens (tertiary/aromatic N) is 2. The van der Waals surface area contributed by atoms with Crippen LogP contribution in [0.15, 0.2) is 53.7 Å². The first-order valence-corrected chi connectivity index (χ1v) is 8.12. The number of hydrogen-bond donors (Lipinski definition) is 0. The van der Waals surface area contributed by atoms with E-state index in [1.165, 1.54) is 12.1 Å². The van der Waals surface area contributed by atoms with Crippen LogP contribution in [0.25, 0.3) is 11.1 Å². The van der Waals surface area contributed by atoms with Gasteiger partial charge in [-0.1, -0.05) is 43.3 Å². The van der Waals surface area contributed by atoms with E-state index in [0.717, 1.165) is 11.1 Å². The summed E-state index contributed by atoms with van der Waals surface area (Å²) in [7, 11) is 0. The number of carbonyl (C=O) groups is 2. The van der Waals surface area contributed by atoms with E-state index < -0.39 is 10.9 Å². The first-order chi connectivity index (χ1) is 12.5. The van der Waals surface area contributed by atoms with Crippen molar-refractivity contribution in [3.05, 3.63) is 64.2 Å². The molecule has 0 amide bonds. The van der Waals surface area contributed by atoms with Crippen LogP contribution < -0.4 is 0 Å². The Balaban J connectivity index is 2.18. The van der Waals surface area contributed by atoms with Gasteiger partial charge in [0, 0.05) is 24.1 Å². The largest absolute Gasteiger partial charge is 0.334 e. The molecule has 0 spiro atoms. The Kier molecular flexibility index (Phi) is 6.32. The van der Waals surface area contributed by atoms with E-state index in [4.69, 9.17) is 0 Å². The number of rotatable bonds is 7. The summed E-state index contributed by atoms with van der Waals surface area (Å²) in [5.74, 6) is -0.816. The average Bonchev–Trinajstić information content (AvgIpc) is 2.68. The van der Waals surface area contributed by atoms with Crippen LogP contribution in [0.3, 0.4) is 0 Å². The second-order valence-corrected chi connectivity index (χ2v) is 5.42. The van der Waals surface area contributed by atoms with E-state index in [1.54, 1.807) is 50.2 Å². The van der Waals surface area contributed by atoms with E-state index in [0.29, 0.717) is 12.0 Å². The van der Waals surface area contributed by atoms with Crippen molar-refractivity contribution in [2.24, 2.45) is 5.16 Å². The van der Waals surface area contributed by atoms with Gasteiger partial charge in [0.05, 0.1) is 4.92 Å².